The molecule has 5 nitrogen and oxygen atoms in total. The van der Waals surface area contributed by atoms with Crippen molar-refractivity contribution in [2.45, 2.75) is 39.7 Å². The number of hydrogen-bond acceptors (Lipinski definition) is 4. The number of aryl methyl sites for hydroxylation is 1. The van der Waals surface area contributed by atoms with Crippen LogP contribution in [0.2, 0.25) is 0 Å². The Morgan fingerprint density at radius 3 is 2.93 bits per heavy atom. The molecule has 1 aromatic heterocycles. The van der Waals surface area contributed by atoms with Gasteiger partial charge in [0.2, 0.25) is 5.91 Å². The van der Waals surface area contributed by atoms with Crippen molar-refractivity contribution in [2.24, 2.45) is 0 Å². The number of nitrogens with zero attached hydrogens (tertiary/aromatic N) is 1. The Balaban J connectivity index is 1.46. The minimum atomic E-state index is -0.111. The van der Waals surface area contributed by atoms with Gasteiger partial charge in [-0.3, -0.25) is 4.79 Å². The molecule has 3 aromatic rings. The van der Waals surface area contributed by atoms with Crippen LogP contribution < -0.4 is 10.1 Å². The van der Waals surface area contributed by atoms with Gasteiger partial charge in [-0.25, -0.2) is 0 Å². The summed E-state index contributed by atoms with van der Waals surface area (Å²) in [5, 5.41) is 7.01. The summed E-state index contributed by atoms with van der Waals surface area (Å²) in [6.07, 6.45) is 1.26. The fourth-order valence-corrected chi connectivity index (χ4v) is 3.35. The van der Waals surface area contributed by atoms with E-state index in [1.54, 1.807) is 0 Å². The molecule has 4 rings (SSSR count). The highest BCUT2D eigenvalue weighted by Crippen LogP contribution is 2.33. The zero-order chi connectivity index (χ0) is 19.0. The van der Waals surface area contributed by atoms with Gasteiger partial charge in [0.15, 0.2) is 5.76 Å². The number of benzene rings is 2. The number of amides is 1. The number of anilines is 1. The quantitative estimate of drug-likeness (QED) is 0.744. The van der Waals surface area contributed by atoms with Crippen molar-refractivity contribution >= 4 is 11.6 Å². The van der Waals surface area contributed by atoms with Gasteiger partial charge in [0, 0.05) is 23.7 Å². The van der Waals surface area contributed by atoms with Gasteiger partial charge in [0.25, 0.3) is 0 Å². The molecule has 1 unspecified atom stereocenters. The molecule has 2 aromatic carbocycles. The summed E-state index contributed by atoms with van der Waals surface area (Å²) in [6, 6.07) is 13.7. The summed E-state index contributed by atoms with van der Waals surface area (Å²) < 4.78 is 11.2. The average Bonchev–Trinajstić information content (AvgIpc) is 3.23. The van der Waals surface area contributed by atoms with Gasteiger partial charge in [-0.15, -0.1) is 0 Å². The highest BCUT2D eigenvalue weighted by molar-refractivity contribution is 5.93. The molecule has 0 bridgehead atoms. The lowest BCUT2D eigenvalue weighted by molar-refractivity contribution is -0.115. The topological polar surface area (TPSA) is 64.4 Å². The number of carbonyl (C=O) groups is 1. The van der Waals surface area contributed by atoms with Crippen LogP contribution in [-0.2, 0) is 17.6 Å². The Hall–Kier alpha value is -3.08. The van der Waals surface area contributed by atoms with E-state index in [4.69, 9.17) is 9.26 Å². The van der Waals surface area contributed by atoms with E-state index in [1.807, 2.05) is 50.2 Å². The van der Waals surface area contributed by atoms with Crippen molar-refractivity contribution in [1.29, 1.82) is 0 Å². The van der Waals surface area contributed by atoms with Crippen molar-refractivity contribution in [3.05, 3.63) is 64.8 Å². The lowest BCUT2D eigenvalue weighted by Gasteiger charge is -2.09. The molecule has 0 fully saturated rings. The van der Waals surface area contributed by atoms with Gasteiger partial charge in [-0.1, -0.05) is 17.3 Å². The molecule has 27 heavy (non-hydrogen) atoms. The van der Waals surface area contributed by atoms with Crippen molar-refractivity contribution in [1.82, 2.24) is 5.16 Å². The van der Waals surface area contributed by atoms with Gasteiger partial charge in [0.1, 0.15) is 11.9 Å². The first kappa shape index (κ1) is 17.3. The lowest BCUT2D eigenvalue weighted by atomic mass is 10.0. The minimum Gasteiger partial charge on any atom is -0.490 e. The normalized spacial score (nSPS) is 15.3. The summed E-state index contributed by atoms with van der Waals surface area (Å²) >= 11 is 0. The second-order valence-corrected chi connectivity index (χ2v) is 7.11. The highest BCUT2D eigenvalue weighted by Gasteiger charge is 2.20. The van der Waals surface area contributed by atoms with E-state index in [-0.39, 0.29) is 18.4 Å². The Bertz CT molecular complexity index is 1010. The van der Waals surface area contributed by atoms with Crippen LogP contribution in [0.1, 0.15) is 29.3 Å². The van der Waals surface area contributed by atoms with E-state index >= 15 is 0 Å². The van der Waals surface area contributed by atoms with E-state index in [0.29, 0.717) is 11.5 Å². The smallest absolute Gasteiger partial charge is 0.230 e. The summed E-state index contributed by atoms with van der Waals surface area (Å²) in [6.45, 7) is 6.08. The number of nitrogens with one attached hydrogen (secondary N) is 1. The number of fused-ring (bicyclic) bond motifs is 1. The van der Waals surface area contributed by atoms with Crippen molar-refractivity contribution < 1.29 is 14.1 Å². The first-order valence-electron chi connectivity index (χ1n) is 9.11. The summed E-state index contributed by atoms with van der Waals surface area (Å²) in [5.74, 6) is 1.48. The van der Waals surface area contributed by atoms with Gasteiger partial charge >= 0.3 is 0 Å². The van der Waals surface area contributed by atoms with E-state index in [0.717, 1.165) is 34.5 Å². The van der Waals surface area contributed by atoms with E-state index in [1.165, 1.54) is 5.56 Å². The standard InChI is InChI=1S/C22H22N2O3/c1-13-5-4-6-19(15(13)3)23-22(25)12-18-11-21(27-24-18)16-7-8-20-17(10-16)9-14(2)26-20/h4-8,10-11,14H,9,12H2,1-3H3,(H,23,25). The van der Waals surface area contributed by atoms with E-state index in [9.17, 15) is 4.79 Å². The fourth-order valence-electron chi connectivity index (χ4n) is 3.35. The van der Waals surface area contributed by atoms with Gasteiger partial charge in [-0.05, 0) is 61.7 Å². The third-order valence-electron chi connectivity index (χ3n) is 4.96. The number of ether oxygens (including phenoxy) is 1. The van der Waals surface area contributed by atoms with Crippen LogP contribution in [0.3, 0.4) is 0 Å². The summed E-state index contributed by atoms with van der Waals surface area (Å²) in [5.41, 5.74) is 5.77. The zero-order valence-electron chi connectivity index (χ0n) is 15.7. The first-order chi connectivity index (χ1) is 13.0. The van der Waals surface area contributed by atoms with Gasteiger partial charge < -0.3 is 14.6 Å². The van der Waals surface area contributed by atoms with Crippen molar-refractivity contribution in [3.63, 3.8) is 0 Å². The molecule has 1 N–H and O–H groups in total. The Kier molecular flexibility index (Phi) is 4.44. The first-order valence-corrected chi connectivity index (χ1v) is 9.11. The predicted octanol–water partition coefficient (Wildman–Crippen LogP) is 4.46. The maximum absolute atomic E-state index is 12.4. The molecule has 1 amide bonds. The number of hydrogen-bond donors (Lipinski definition) is 1. The monoisotopic (exact) mass is 362 g/mol. The minimum absolute atomic E-state index is 0.111. The highest BCUT2D eigenvalue weighted by atomic mass is 16.5. The van der Waals surface area contributed by atoms with Crippen LogP contribution in [0.25, 0.3) is 11.3 Å². The van der Waals surface area contributed by atoms with Gasteiger partial charge in [-0.2, -0.15) is 0 Å². The van der Waals surface area contributed by atoms with Crippen LogP contribution in [0.4, 0.5) is 5.69 Å². The number of aromatic nitrogens is 1. The molecular weight excluding hydrogens is 340 g/mol. The summed E-state index contributed by atoms with van der Waals surface area (Å²) in [7, 11) is 0. The van der Waals surface area contributed by atoms with Gasteiger partial charge in [0.05, 0.1) is 12.1 Å². The predicted molar refractivity (Wildman–Crippen MR) is 104 cm³/mol. The Morgan fingerprint density at radius 1 is 1.22 bits per heavy atom. The largest absolute Gasteiger partial charge is 0.490 e. The number of carbonyl (C=O) groups excluding carboxylic acids is 1. The zero-order valence-corrected chi connectivity index (χ0v) is 15.7. The van der Waals surface area contributed by atoms with E-state index < -0.39 is 0 Å². The second-order valence-electron chi connectivity index (χ2n) is 7.11. The molecule has 0 radical (unpaired) electrons. The third kappa shape index (κ3) is 3.58. The molecule has 138 valence electrons. The average molecular weight is 362 g/mol. The van der Waals surface area contributed by atoms with E-state index in [2.05, 4.69) is 23.5 Å². The van der Waals surface area contributed by atoms with Crippen LogP contribution >= 0.6 is 0 Å². The molecule has 0 aliphatic carbocycles. The molecule has 0 saturated heterocycles. The molecule has 0 saturated carbocycles. The lowest BCUT2D eigenvalue weighted by Crippen LogP contribution is -2.15. The van der Waals surface area contributed by atoms with Crippen LogP contribution in [0.5, 0.6) is 5.75 Å². The SMILES string of the molecule is Cc1cccc(NC(=O)Cc2cc(-c3ccc4c(c3)CC(C)O4)on2)c1C. The van der Waals surface area contributed by atoms with Crippen LogP contribution in [0, 0.1) is 13.8 Å². The van der Waals surface area contributed by atoms with Crippen LogP contribution in [-0.4, -0.2) is 17.2 Å². The molecule has 1 aliphatic rings. The Morgan fingerprint density at radius 2 is 2.07 bits per heavy atom. The number of rotatable bonds is 4. The summed E-state index contributed by atoms with van der Waals surface area (Å²) in [4.78, 5) is 12.4. The maximum atomic E-state index is 12.4. The fraction of sp³-hybridized carbons (Fsp3) is 0.273. The molecular formula is C22H22N2O3. The molecule has 5 heteroatoms. The molecule has 2 heterocycles. The molecule has 1 aliphatic heterocycles. The molecule has 0 spiro atoms. The van der Waals surface area contributed by atoms with Crippen molar-refractivity contribution in [3.8, 4) is 17.1 Å². The van der Waals surface area contributed by atoms with Crippen molar-refractivity contribution in [2.75, 3.05) is 5.32 Å². The maximum Gasteiger partial charge on any atom is 0.230 e. The van der Waals surface area contributed by atoms with Crippen LogP contribution in [0.15, 0.2) is 47.0 Å². The third-order valence-corrected chi connectivity index (χ3v) is 4.96. The molecule has 1 atom stereocenters. The second kappa shape index (κ2) is 6.91. The Labute approximate surface area is 158 Å².